The topological polar surface area (TPSA) is 71.1 Å². The molecule has 0 spiro atoms. The van der Waals surface area contributed by atoms with E-state index in [1.54, 1.807) is 11.0 Å². The summed E-state index contributed by atoms with van der Waals surface area (Å²) in [6.45, 7) is 3.14. The molecule has 4 rings (SSSR count). The molecule has 1 fully saturated rings. The number of nitrogens with zero attached hydrogens (tertiary/aromatic N) is 3. The van der Waals surface area contributed by atoms with E-state index in [4.69, 9.17) is 4.74 Å². The number of aromatic nitrogens is 3. The van der Waals surface area contributed by atoms with Gasteiger partial charge in [0.25, 0.3) is 5.91 Å². The Morgan fingerprint density at radius 1 is 1.19 bits per heavy atom. The second kappa shape index (κ2) is 7.00. The Labute approximate surface area is 151 Å². The van der Waals surface area contributed by atoms with Crippen molar-refractivity contribution < 1.29 is 9.53 Å². The molecular formula is C20H20N4O2. The number of aryl methyl sites for hydroxylation is 1. The van der Waals surface area contributed by atoms with E-state index in [0.717, 1.165) is 23.4 Å². The summed E-state index contributed by atoms with van der Waals surface area (Å²) < 4.78 is 5.92. The molecule has 0 aliphatic carbocycles. The molecule has 1 N–H and O–H groups in total. The van der Waals surface area contributed by atoms with Crippen LogP contribution in [0.5, 0.6) is 5.88 Å². The first-order valence-corrected chi connectivity index (χ1v) is 8.69. The Bertz CT molecular complexity index is 907. The Balaban J connectivity index is 1.41. The third-order valence-electron chi connectivity index (χ3n) is 4.46. The number of rotatable bonds is 4. The molecule has 0 saturated carbocycles. The number of ether oxygens (including phenoxy) is 1. The van der Waals surface area contributed by atoms with E-state index in [-0.39, 0.29) is 12.0 Å². The van der Waals surface area contributed by atoms with Crippen molar-refractivity contribution in [3.63, 3.8) is 0 Å². The van der Waals surface area contributed by atoms with Crippen LogP contribution < -0.4 is 4.74 Å². The summed E-state index contributed by atoms with van der Waals surface area (Å²) >= 11 is 0. The van der Waals surface area contributed by atoms with E-state index in [1.165, 1.54) is 0 Å². The molecule has 3 heterocycles. The SMILES string of the molecule is Cc1cccc(OC2CCN(C(=O)c3cc(-c4ccccc4)n[nH]3)C2)n1. The molecule has 1 saturated heterocycles. The molecule has 132 valence electrons. The van der Waals surface area contributed by atoms with Crippen molar-refractivity contribution in [2.24, 2.45) is 0 Å². The summed E-state index contributed by atoms with van der Waals surface area (Å²) in [5.74, 6) is 0.556. The quantitative estimate of drug-likeness (QED) is 0.786. The highest BCUT2D eigenvalue weighted by Gasteiger charge is 2.29. The lowest BCUT2D eigenvalue weighted by molar-refractivity contribution is 0.0765. The lowest BCUT2D eigenvalue weighted by atomic mass is 10.1. The van der Waals surface area contributed by atoms with Crippen LogP contribution >= 0.6 is 0 Å². The van der Waals surface area contributed by atoms with Crippen LogP contribution in [0, 0.1) is 6.92 Å². The minimum absolute atomic E-state index is 0.0373. The van der Waals surface area contributed by atoms with Crippen LogP contribution in [-0.4, -0.2) is 45.2 Å². The number of likely N-dealkylation sites (tertiary alicyclic amines) is 1. The van der Waals surface area contributed by atoms with Crippen molar-refractivity contribution >= 4 is 5.91 Å². The number of nitrogens with one attached hydrogen (secondary N) is 1. The monoisotopic (exact) mass is 348 g/mol. The lowest BCUT2D eigenvalue weighted by Gasteiger charge is -2.16. The zero-order valence-corrected chi connectivity index (χ0v) is 14.6. The molecule has 6 nitrogen and oxygen atoms in total. The summed E-state index contributed by atoms with van der Waals surface area (Å²) in [5.41, 5.74) is 3.17. The van der Waals surface area contributed by atoms with E-state index >= 15 is 0 Å². The fourth-order valence-electron chi connectivity index (χ4n) is 3.12. The first kappa shape index (κ1) is 16.3. The molecule has 0 bridgehead atoms. The molecule has 26 heavy (non-hydrogen) atoms. The standard InChI is InChI=1S/C20H20N4O2/c1-14-6-5-9-19(21-14)26-16-10-11-24(13-16)20(25)18-12-17(22-23-18)15-7-3-2-4-8-15/h2-9,12,16H,10-11,13H2,1H3,(H,22,23). The Hall–Kier alpha value is -3.15. The second-order valence-corrected chi connectivity index (χ2v) is 6.43. The number of hydrogen-bond acceptors (Lipinski definition) is 4. The maximum absolute atomic E-state index is 12.7. The van der Waals surface area contributed by atoms with E-state index in [0.29, 0.717) is 24.7 Å². The summed E-state index contributed by atoms with van der Waals surface area (Å²) in [7, 11) is 0. The largest absolute Gasteiger partial charge is 0.472 e. The number of carbonyl (C=O) groups excluding carboxylic acids is 1. The highest BCUT2D eigenvalue weighted by molar-refractivity contribution is 5.93. The molecule has 6 heteroatoms. The van der Waals surface area contributed by atoms with Gasteiger partial charge in [-0.3, -0.25) is 9.89 Å². The maximum Gasteiger partial charge on any atom is 0.272 e. The molecule has 1 aliphatic rings. The Kier molecular flexibility index (Phi) is 4.39. The molecule has 1 unspecified atom stereocenters. The fourth-order valence-corrected chi connectivity index (χ4v) is 3.12. The first-order chi connectivity index (χ1) is 12.7. The third kappa shape index (κ3) is 3.44. The zero-order valence-electron chi connectivity index (χ0n) is 14.6. The number of carbonyl (C=O) groups is 1. The van der Waals surface area contributed by atoms with Gasteiger partial charge in [0.1, 0.15) is 11.8 Å². The molecule has 1 amide bonds. The number of aromatic amines is 1. The molecule has 3 aromatic rings. The number of benzene rings is 1. The number of pyridine rings is 1. The smallest absolute Gasteiger partial charge is 0.272 e. The summed E-state index contributed by atoms with van der Waals surface area (Å²) in [6, 6.07) is 17.3. The maximum atomic E-state index is 12.7. The van der Waals surface area contributed by atoms with Crippen molar-refractivity contribution in [2.45, 2.75) is 19.4 Å². The average molecular weight is 348 g/mol. The van der Waals surface area contributed by atoms with Crippen molar-refractivity contribution in [1.82, 2.24) is 20.1 Å². The number of H-pyrrole nitrogens is 1. The highest BCUT2D eigenvalue weighted by atomic mass is 16.5. The predicted octanol–water partition coefficient (Wildman–Crippen LogP) is 3.07. The van der Waals surface area contributed by atoms with E-state index in [1.807, 2.05) is 55.5 Å². The van der Waals surface area contributed by atoms with Gasteiger partial charge in [0.05, 0.1) is 12.2 Å². The van der Waals surface area contributed by atoms with Gasteiger partial charge in [-0.05, 0) is 19.1 Å². The van der Waals surface area contributed by atoms with Crippen molar-refractivity contribution in [2.75, 3.05) is 13.1 Å². The Morgan fingerprint density at radius 3 is 2.85 bits per heavy atom. The van der Waals surface area contributed by atoms with Gasteiger partial charge in [-0.15, -0.1) is 0 Å². The van der Waals surface area contributed by atoms with Crippen molar-refractivity contribution in [3.05, 3.63) is 66.0 Å². The summed E-state index contributed by atoms with van der Waals surface area (Å²) in [5, 5.41) is 7.12. The minimum Gasteiger partial charge on any atom is -0.472 e. The van der Waals surface area contributed by atoms with Gasteiger partial charge in [0.15, 0.2) is 0 Å². The number of amides is 1. The first-order valence-electron chi connectivity index (χ1n) is 8.69. The van der Waals surface area contributed by atoms with Crippen LogP contribution in [0.1, 0.15) is 22.6 Å². The van der Waals surface area contributed by atoms with E-state index in [9.17, 15) is 4.79 Å². The predicted molar refractivity (Wildman–Crippen MR) is 97.9 cm³/mol. The van der Waals surface area contributed by atoms with Gasteiger partial charge in [-0.25, -0.2) is 4.98 Å². The minimum atomic E-state index is -0.0528. The van der Waals surface area contributed by atoms with Crippen LogP contribution in [0.25, 0.3) is 11.3 Å². The molecule has 2 aromatic heterocycles. The highest BCUT2D eigenvalue weighted by Crippen LogP contribution is 2.21. The third-order valence-corrected chi connectivity index (χ3v) is 4.46. The number of hydrogen-bond donors (Lipinski definition) is 1. The van der Waals surface area contributed by atoms with Crippen LogP contribution in [-0.2, 0) is 0 Å². The van der Waals surface area contributed by atoms with Crippen molar-refractivity contribution in [1.29, 1.82) is 0 Å². The van der Waals surface area contributed by atoms with Crippen molar-refractivity contribution in [3.8, 4) is 17.1 Å². The van der Waals surface area contributed by atoms with Gasteiger partial charge in [-0.1, -0.05) is 36.4 Å². The summed E-state index contributed by atoms with van der Waals surface area (Å²) in [4.78, 5) is 18.9. The fraction of sp³-hybridized carbons (Fsp3) is 0.250. The van der Waals surface area contributed by atoms with Gasteiger partial charge >= 0.3 is 0 Å². The van der Waals surface area contributed by atoms with Crippen LogP contribution in [0.15, 0.2) is 54.6 Å². The summed E-state index contributed by atoms with van der Waals surface area (Å²) in [6.07, 6.45) is 0.755. The molecule has 1 aliphatic heterocycles. The van der Waals surface area contributed by atoms with Gasteiger partial charge < -0.3 is 9.64 Å². The Morgan fingerprint density at radius 2 is 2.04 bits per heavy atom. The second-order valence-electron chi connectivity index (χ2n) is 6.43. The van der Waals surface area contributed by atoms with Crippen LogP contribution in [0.2, 0.25) is 0 Å². The normalized spacial score (nSPS) is 16.7. The van der Waals surface area contributed by atoms with Gasteiger partial charge in [0.2, 0.25) is 5.88 Å². The van der Waals surface area contributed by atoms with E-state index < -0.39 is 0 Å². The van der Waals surface area contributed by atoms with Gasteiger partial charge in [0, 0.05) is 30.3 Å². The lowest BCUT2D eigenvalue weighted by Crippen LogP contribution is -2.31. The van der Waals surface area contributed by atoms with Crippen LogP contribution in [0.3, 0.4) is 0 Å². The van der Waals surface area contributed by atoms with E-state index in [2.05, 4.69) is 15.2 Å². The molecule has 1 atom stereocenters. The molecule has 1 aromatic carbocycles. The molecular weight excluding hydrogens is 328 g/mol. The average Bonchev–Trinajstić information content (AvgIpc) is 3.32. The molecule has 0 radical (unpaired) electrons. The van der Waals surface area contributed by atoms with Gasteiger partial charge in [-0.2, -0.15) is 5.10 Å². The van der Waals surface area contributed by atoms with Crippen LogP contribution in [0.4, 0.5) is 0 Å². The zero-order chi connectivity index (χ0) is 17.9.